The zero-order valence-electron chi connectivity index (χ0n) is 16.1. The molecule has 146 valence electrons. The molecule has 1 aliphatic rings. The molecule has 1 saturated heterocycles. The Bertz CT molecular complexity index is 1100. The SMILES string of the molecule is CNc1cccc(-c2nccc3cc[nH]c23)c1.O=Cc1ccc(N2CCS2)cc1. The predicted octanol–water partition coefficient (Wildman–Crippen LogP) is 5.24. The minimum Gasteiger partial charge on any atom is -0.388 e. The highest BCUT2D eigenvalue weighted by molar-refractivity contribution is 8.02. The molecule has 0 amide bonds. The highest BCUT2D eigenvalue weighted by Crippen LogP contribution is 2.29. The summed E-state index contributed by atoms with van der Waals surface area (Å²) >= 11 is 1.82. The summed E-state index contributed by atoms with van der Waals surface area (Å²) in [6.07, 6.45) is 4.66. The molecule has 6 heteroatoms. The maximum absolute atomic E-state index is 10.4. The maximum Gasteiger partial charge on any atom is 0.150 e. The number of pyridine rings is 1. The Morgan fingerprint density at radius 3 is 2.66 bits per heavy atom. The van der Waals surface area contributed by atoms with E-state index in [2.05, 4.69) is 37.8 Å². The van der Waals surface area contributed by atoms with Crippen LogP contribution in [-0.4, -0.2) is 35.6 Å². The Balaban J connectivity index is 0.000000150. The summed E-state index contributed by atoms with van der Waals surface area (Å²) in [5.74, 6) is 1.20. The molecule has 0 aliphatic carbocycles. The molecule has 0 atom stereocenters. The second-order valence-electron chi connectivity index (χ2n) is 6.58. The summed E-state index contributed by atoms with van der Waals surface area (Å²) in [7, 11) is 1.92. The number of carbonyl (C=O) groups excluding carboxylic acids is 1. The molecule has 5 nitrogen and oxygen atoms in total. The number of benzene rings is 2. The van der Waals surface area contributed by atoms with Crippen molar-refractivity contribution in [3.05, 3.63) is 78.6 Å². The van der Waals surface area contributed by atoms with Gasteiger partial charge in [-0.3, -0.25) is 9.78 Å². The van der Waals surface area contributed by atoms with Crippen molar-refractivity contribution in [1.82, 2.24) is 9.97 Å². The fourth-order valence-electron chi connectivity index (χ4n) is 3.13. The third-order valence-corrected chi connectivity index (χ3v) is 5.83. The van der Waals surface area contributed by atoms with Crippen molar-refractivity contribution < 1.29 is 4.79 Å². The number of nitrogens with zero attached hydrogens (tertiary/aromatic N) is 2. The highest BCUT2D eigenvalue weighted by atomic mass is 32.2. The molecule has 1 aliphatic heterocycles. The lowest BCUT2D eigenvalue weighted by Gasteiger charge is -2.31. The Labute approximate surface area is 174 Å². The molecular formula is C23H22N4OS. The largest absolute Gasteiger partial charge is 0.388 e. The van der Waals surface area contributed by atoms with Gasteiger partial charge in [0.2, 0.25) is 0 Å². The van der Waals surface area contributed by atoms with E-state index in [-0.39, 0.29) is 0 Å². The Morgan fingerprint density at radius 2 is 1.97 bits per heavy atom. The van der Waals surface area contributed by atoms with Crippen molar-refractivity contribution in [3.63, 3.8) is 0 Å². The zero-order valence-corrected chi connectivity index (χ0v) is 16.9. The fourth-order valence-corrected chi connectivity index (χ4v) is 3.76. The first-order valence-corrected chi connectivity index (χ1v) is 10.4. The molecule has 0 spiro atoms. The highest BCUT2D eigenvalue weighted by Gasteiger charge is 2.14. The Morgan fingerprint density at radius 1 is 1.14 bits per heavy atom. The molecule has 0 saturated carbocycles. The molecule has 2 N–H and O–H groups in total. The molecule has 2 aromatic carbocycles. The van der Waals surface area contributed by atoms with E-state index in [0.717, 1.165) is 40.9 Å². The van der Waals surface area contributed by atoms with E-state index in [0.29, 0.717) is 0 Å². The van der Waals surface area contributed by atoms with Crippen LogP contribution in [0.3, 0.4) is 0 Å². The minimum absolute atomic E-state index is 0.740. The smallest absolute Gasteiger partial charge is 0.150 e. The van der Waals surface area contributed by atoms with Crippen molar-refractivity contribution >= 4 is 40.5 Å². The quantitative estimate of drug-likeness (QED) is 0.361. The zero-order chi connectivity index (χ0) is 20.1. The summed E-state index contributed by atoms with van der Waals surface area (Å²) in [5, 5.41) is 4.33. The van der Waals surface area contributed by atoms with E-state index in [4.69, 9.17) is 0 Å². The topological polar surface area (TPSA) is 61.0 Å². The van der Waals surface area contributed by atoms with Crippen LogP contribution < -0.4 is 9.62 Å². The molecule has 0 bridgehead atoms. The predicted molar refractivity (Wildman–Crippen MR) is 123 cm³/mol. The third kappa shape index (κ3) is 4.27. The van der Waals surface area contributed by atoms with Gasteiger partial charge in [0.05, 0.1) is 11.2 Å². The van der Waals surface area contributed by atoms with E-state index < -0.39 is 0 Å². The van der Waals surface area contributed by atoms with Crippen LogP contribution in [0.5, 0.6) is 0 Å². The Hall–Kier alpha value is -3.25. The average Bonchev–Trinajstić information content (AvgIpc) is 3.22. The third-order valence-electron chi connectivity index (χ3n) is 4.76. The van der Waals surface area contributed by atoms with E-state index in [1.165, 1.54) is 16.8 Å². The van der Waals surface area contributed by atoms with Crippen LogP contribution in [0, 0.1) is 0 Å². The van der Waals surface area contributed by atoms with Gasteiger partial charge in [-0.1, -0.05) is 12.1 Å². The molecule has 0 radical (unpaired) electrons. The number of anilines is 2. The number of aldehydes is 1. The van der Waals surface area contributed by atoms with E-state index in [9.17, 15) is 4.79 Å². The van der Waals surface area contributed by atoms with Gasteiger partial charge in [-0.05, 0) is 60.5 Å². The monoisotopic (exact) mass is 402 g/mol. The van der Waals surface area contributed by atoms with Crippen LogP contribution in [0.4, 0.5) is 11.4 Å². The number of aromatic nitrogens is 2. The van der Waals surface area contributed by atoms with Crippen molar-refractivity contribution in [3.8, 4) is 11.3 Å². The second kappa shape index (κ2) is 8.84. The second-order valence-corrected chi connectivity index (χ2v) is 7.68. The van der Waals surface area contributed by atoms with Gasteiger partial charge in [0.1, 0.15) is 6.29 Å². The van der Waals surface area contributed by atoms with Crippen LogP contribution in [-0.2, 0) is 0 Å². The maximum atomic E-state index is 10.4. The normalized spacial score (nSPS) is 12.7. The van der Waals surface area contributed by atoms with Crippen LogP contribution in [0.15, 0.2) is 73.1 Å². The van der Waals surface area contributed by atoms with Crippen LogP contribution in [0.25, 0.3) is 22.2 Å². The molecule has 3 heterocycles. The van der Waals surface area contributed by atoms with Crippen LogP contribution in [0.1, 0.15) is 10.4 Å². The lowest BCUT2D eigenvalue weighted by atomic mass is 10.1. The van der Waals surface area contributed by atoms with Gasteiger partial charge in [-0.2, -0.15) is 0 Å². The van der Waals surface area contributed by atoms with Gasteiger partial charge in [0.25, 0.3) is 0 Å². The number of carbonyl (C=O) groups is 1. The van der Waals surface area contributed by atoms with Crippen molar-refractivity contribution in [2.24, 2.45) is 0 Å². The summed E-state index contributed by atoms with van der Waals surface area (Å²) in [6, 6.07) is 20.0. The summed E-state index contributed by atoms with van der Waals surface area (Å²) in [4.78, 5) is 18.1. The number of H-pyrrole nitrogens is 1. The fraction of sp³-hybridized carbons (Fsp3) is 0.130. The molecule has 1 fully saturated rings. The van der Waals surface area contributed by atoms with Gasteiger partial charge in [-0.15, -0.1) is 0 Å². The number of fused-ring (bicyclic) bond motifs is 1. The van der Waals surface area contributed by atoms with Crippen molar-refractivity contribution in [1.29, 1.82) is 0 Å². The molecule has 5 rings (SSSR count). The van der Waals surface area contributed by atoms with Gasteiger partial charge in [0.15, 0.2) is 0 Å². The number of hydrogen-bond acceptors (Lipinski definition) is 5. The lowest BCUT2D eigenvalue weighted by molar-refractivity contribution is 0.112. The van der Waals surface area contributed by atoms with Gasteiger partial charge >= 0.3 is 0 Å². The van der Waals surface area contributed by atoms with Crippen LogP contribution in [0.2, 0.25) is 0 Å². The molecule has 0 unspecified atom stereocenters. The van der Waals surface area contributed by atoms with Gasteiger partial charge < -0.3 is 14.6 Å². The van der Waals surface area contributed by atoms with Gasteiger partial charge in [-0.25, -0.2) is 0 Å². The molecule has 4 aromatic rings. The van der Waals surface area contributed by atoms with Crippen molar-refractivity contribution in [2.75, 3.05) is 29.0 Å². The van der Waals surface area contributed by atoms with E-state index in [1.54, 1.807) is 0 Å². The summed E-state index contributed by atoms with van der Waals surface area (Å²) in [5.41, 5.74) is 6.21. The minimum atomic E-state index is 0.740. The number of nitrogens with one attached hydrogen (secondary N) is 2. The number of hydrogen-bond donors (Lipinski definition) is 2. The molecule has 29 heavy (non-hydrogen) atoms. The first-order chi connectivity index (χ1) is 14.3. The van der Waals surface area contributed by atoms with Crippen molar-refractivity contribution in [2.45, 2.75) is 0 Å². The summed E-state index contributed by atoms with van der Waals surface area (Å²) in [6.45, 7) is 1.12. The van der Waals surface area contributed by atoms with Gasteiger partial charge in [0, 0.05) is 59.6 Å². The molecular weight excluding hydrogens is 380 g/mol. The number of aromatic amines is 1. The standard InChI is InChI=1S/C14H13N3.C9H9NOS/c1-15-12-4-2-3-11(9-12)14-13-10(5-7-16-13)6-8-17-14;11-7-8-1-3-9(4-2-8)10-5-6-12-10/h2-9,15-16H,1H3;1-4,7H,5-6H2. The van der Waals surface area contributed by atoms with E-state index in [1.807, 2.05) is 73.9 Å². The first-order valence-electron chi connectivity index (χ1n) is 9.44. The first kappa shape index (κ1) is 19.1. The summed E-state index contributed by atoms with van der Waals surface area (Å²) < 4.78 is 2.22. The molecule has 2 aromatic heterocycles. The average molecular weight is 403 g/mol. The van der Waals surface area contributed by atoms with Crippen LogP contribution >= 0.6 is 11.9 Å². The lowest BCUT2D eigenvalue weighted by Crippen LogP contribution is -2.28. The van der Waals surface area contributed by atoms with E-state index >= 15 is 0 Å². The Kier molecular flexibility index (Phi) is 5.81. The number of rotatable bonds is 4.